The van der Waals surface area contributed by atoms with E-state index in [1.807, 2.05) is 16.7 Å². The van der Waals surface area contributed by atoms with Gasteiger partial charge in [0.2, 0.25) is 0 Å². The normalized spacial score (nSPS) is 25.2. The van der Waals surface area contributed by atoms with Crippen LogP contribution in [0, 0.1) is 0 Å². The molecule has 2 N–H and O–H groups in total. The van der Waals surface area contributed by atoms with Gasteiger partial charge in [-0.2, -0.15) is 0 Å². The summed E-state index contributed by atoms with van der Waals surface area (Å²) in [7, 11) is 0. The fourth-order valence-electron chi connectivity index (χ4n) is 2.94. The fourth-order valence-corrected chi connectivity index (χ4v) is 3.44. The lowest BCUT2D eigenvalue weighted by molar-refractivity contribution is -0.139. The molecule has 22 heavy (non-hydrogen) atoms. The first kappa shape index (κ1) is 17.3. The summed E-state index contributed by atoms with van der Waals surface area (Å²) in [6, 6.07) is 0.405. The Labute approximate surface area is 139 Å². The third-order valence-electron chi connectivity index (χ3n) is 4.54. The van der Waals surface area contributed by atoms with Gasteiger partial charge in [-0.3, -0.25) is 9.69 Å². The van der Waals surface area contributed by atoms with Crippen LogP contribution in [0.3, 0.4) is 0 Å². The summed E-state index contributed by atoms with van der Waals surface area (Å²) < 4.78 is 1.10. The predicted octanol–water partition coefficient (Wildman–Crippen LogP) is 2.01. The van der Waals surface area contributed by atoms with Crippen molar-refractivity contribution in [1.82, 2.24) is 15.1 Å². The quantitative estimate of drug-likeness (QED) is 0.772. The molecule has 1 aliphatic carbocycles. The Hall–Kier alpha value is -1.08. The van der Waals surface area contributed by atoms with Crippen molar-refractivity contribution in [2.45, 2.75) is 45.2 Å². The van der Waals surface area contributed by atoms with Crippen LogP contribution in [0.2, 0.25) is 0 Å². The van der Waals surface area contributed by atoms with Gasteiger partial charge in [-0.15, -0.1) is 0 Å². The minimum absolute atomic E-state index is 0.0193. The number of likely N-dealkylation sites (N-methyl/N-ethyl adjacent to an activating group) is 1. The monoisotopic (exact) mass is 373 g/mol. The average molecular weight is 374 g/mol. The largest absolute Gasteiger partial charge is 0.480 e. The molecule has 1 heterocycles. The van der Waals surface area contributed by atoms with Crippen molar-refractivity contribution < 1.29 is 14.7 Å². The van der Waals surface area contributed by atoms with E-state index >= 15 is 0 Å². The maximum Gasteiger partial charge on any atom is 0.317 e. The fraction of sp³-hybridized carbons (Fsp3) is 0.733. The first-order chi connectivity index (χ1) is 10.4. The SMILES string of the molecule is CCN(CC(=O)O)C1CC(NC(=O)N2CCC(C)=C(Br)C2)C1. The van der Waals surface area contributed by atoms with Gasteiger partial charge in [-0.25, -0.2) is 4.79 Å². The molecule has 2 amide bonds. The van der Waals surface area contributed by atoms with Crippen molar-refractivity contribution >= 4 is 27.9 Å². The second kappa shape index (κ2) is 7.46. The number of rotatable bonds is 5. The van der Waals surface area contributed by atoms with Crippen LogP contribution < -0.4 is 5.32 Å². The number of hydrogen-bond donors (Lipinski definition) is 2. The molecule has 1 saturated carbocycles. The molecule has 0 aromatic heterocycles. The van der Waals surface area contributed by atoms with Gasteiger partial charge in [0.25, 0.3) is 0 Å². The molecule has 124 valence electrons. The highest BCUT2D eigenvalue weighted by molar-refractivity contribution is 9.11. The highest BCUT2D eigenvalue weighted by Crippen LogP contribution is 2.27. The first-order valence-corrected chi connectivity index (χ1v) is 8.55. The standard InChI is InChI=1S/C15H24BrN3O3/c1-3-18(9-14(20)21)12-6-11(7-12)17-15(22)19-5-4-10(2)13(16)8-19/h11-12H,3-9H2,1-2H3,(H,17,22)(H,20,21). The first-order valence-electron chi connectivity index (χ1n) is 7.76. The molecule has 7 heteroatoms. The van der Waals surface area contributed by atoms with Crippen molar-refractivity contribution in [1.29, 1.82) is 0 Å². The molecule has 0 radical (unpaired) electrons. The second-order valence-corrected chi connectivity index (χ2v) is 7.04. The highest BCUT2D eigenvalue weighted by atomic mass is 79.9. The Kier molecular flexibility index (Phi) is 5.86. The highest BCUT2D eigenvalue weighted by Gasteiger charge is 2.35. The number of halogens is 1. The molecule has 1 fully saturated rings. The molecule has 2 aliphatic rings. The van der Waals surface area contributed by atoms with Crippen molar-refractivity contribution in [3.8, 4) is 0 Å². The minimum atomic E-state index is -0.797. The average Bonchev–Trinajstić information content (AvgIpc) is 2.42. The van der Waals surface area contributed by atoms with E-state index in [1.54, 1.807) is 0 Å². The molecule has 0 unspecified atom stereocenters. The summed E-state index contributed by atoms with van der Waals surface area (Å²) in [6.07, 6.45) is 2.57. The number of hydrogen-bond acceptors (Lipinski definition) is 3. The molecule has 0 atom stereocenters. The number of aliphatic carboxylic acids is 1. The maximum atomic E-state index is 12.2. The molecule has 0 saturated heterocycles. The number of carbonyl (C=O) groups excluding carboxylic acids is 1. The van der Waals surface area contributed by atoms with Gasteiger partial charge in [0, 0.05) is 23.1 Å². The van der Waals surface area contributed by atoms with E-state index in [4.69, 9.17) is 5.11 Å². The molecule has 1 aliphatic heterocycles. The zero-order valence-electron chi connectivity index (χ0n) is 13.1. The molecular weight excluding hydrogens is 350 g/mol. The molecule has 2 rings (SSSR count). The number of carbonyl (C=O) groups is 2. The zero-order chi connectivity index (χ0) is 16.3. The molecule has 0 spiro atoms. The molecular formula is C15H24BrN3O3. The van der Waals surface area contributed by atoms with Crippen molar-refractivity contribution in [3.63, 3.8) is 0 Å². The summed E-state index contributed by atoms with van der Waals surface area (Å²) >= 11 is 3.52. The van der Waals surface area contributed by atoms with E-state index in [1.165, 1.54) is 5.57 Å². The molecule has 0 bridgehead atoms. The summed E-state index contributed by atoms with van der Waals surface area (Å²) in [5.41, 5.74) is 1.31. The number of nitrogens with one attached hydrogen (secondary N) is 1. The van der Waals surface area contributed by atoms with Crippen LogP contribution >= 0.6 is 15.9 Å². The van der Waals surface area contributed by atoms with Crippen LogP contribution in [0.4, 0.5) is 4.79 Å². The molecule has 6 nitrogen and oxygen atoms in total. The van der Waals surface area contributed by atoms with E-state index in [-0.39, 0.29) is 24.7 Å². The van der Waals surface area contributed by atoms with E-state index in [9.17, 15) is 9.59 Å². The van der Waals surface area contributed by atoms with Crippen LogP contribution in [-0.4, -0.2) is 65.2 Å². The number of nitrogens with zero attached hydrogens (tertiary/aromatic N) is 2. The van der Waals surface area contributed by atoms with Gasteiger partial charge >= 0.3 is 12.0 Å². The van der Waals surface area contributed by atoms with Crippen LogP contribution in [0.1, 0.15) is 33.1 Å². The Balaban J connectivity index is 1.75. The Bertz CT molecular complexity index is 475. The van der Waals surface area contributed by atoms with Crippen LogP contribution in [0.15, 0.2) is 10.1 Å². The summed E-state index contributed by atoms with van der Waals surface area (Å²) in [5.74, 6) is -0.797. The van der Waals surface area contributed by atoms with Gasteiger partial charge in [0.15, 0.2) is 0 Å². The molecule has 0 aromatic rings. The lowest BCUT2D eigenvalue weighted by Gasteiger charge is -2.43. The van der Waals surface area contributed by atoms with Crippen LogP contribution in [0.25, 0.3) is 0 Å². The third-order valence-corrected chi connectivity index (χ3v) is 5.47. The van der Waals surface area contributed by atoms with Gasteiger partial charge in [0.1, 0.15) is 0 Å². The summed E-state index contributed by atoms with van der Waals surface area (Å²) in [6.45, 7) is 6.23. The van der Waals surface area contributed by atoms with E-state index < -0.39 is 5.97 Å². The Morgan fingerprint density at radius 1 is 1.45 bits per heavy atom. The van der Waals surface area contributed by atoms with Crippen LogP contribution in [0.5, 0.6) is 0 Å². The van der Waals surface area contributed by atoms with Crippen LogP contribution in [-0.2, 0) is 4.79 Å². The van der Waals surface area contributed by atoms with Crippen molar-refractivity contribution in [2.75, 3.05) is 26.2 Å². The van der Waals surface area contributed by atoms with Gasteiger partial charge < -0.3 is 15.3 Å². The minimum Gasteiger partial charge on any atom is -0.480 e. The van der Waals surface area contributed by atoms with Crippen molar-refractivity contribution in [3.05, 3.63) is 10.1 Å². The van der Waals surface area contributed by atoms with Gasteiger partial charge in [0.05, 0.1) is 13.1 Å². The second-order valence-electron chi connectivity index (χ2n) is 6.09. The summed E-state index contributed by atoms with van der Waals surface area (Å²) in [5, 5.41) is 11.9. The predicted molar refractivity (Wildman–Crippen MR) is 88.0 cm³/mol. The van der Waals surface area contributed by atoms with Gasteiger partial charge in [-0.1, -0.05) is 28.4 Å². The number of carboxylic acid groups (broad SMARTS) is 1. The van der Waals surface area contributed by atoms with E-state index in [2.05, 4.69) is 28.2 Å². The van der Waals surface area contributed by atoms with Gasteiger partial charge in [-0.05, 0) is 32.7 Å². The van der Waals surface area contributed by atoms with E-state index in [0.717, 1.165) is 36.8 Å². The number of carboxylic acids is 1. The summed E-state index contributed by atoms with van der Waals surface area (Å²) in [4.78, 5) is 26.8. The third kappa shape index (κ3) is 4.23. The Morgan fingerprint density at radius 2 is 2.14 bits per heavy atom. The number of urea groups is 1. The smallest absolute Gasteiger partial charge is 0.317 e. The topological polar surface area (TPSA) is 72.9 Å². The lowest BCUT2D eigenvalue weighted by Crippen LogP contribution is -2.57. The lowest BCUT2D eigenvalue weighted by atomic mass is 9.85. The van der Waals surface area contributed by atoms with E-state index in [0.29, 0.717) is 6.54 Å². The molecule has 0 aromatic carbocycles. The zero-order valence-corrected chi connectivity index (χ0v) is 14.7. The van der Waals surface area contributed by atoms with Crippen molar-refractivity contribution in [2.24, 2.45) is 0 Å². The number of amides is 2. The maximum absolute atomic E-state index is 12.2. The Morgan fingerprint density at radius 3 is 2.68 bits per heavy atom.